The molecule has 22 heteroatoms. The Bertz CT molecular complexity index is 2280. The van der Waals surface area contributed by atoms with Crippen molar-refractivity contribution >= 4 is 76.5 Å². The maximum atomic E-state index is 12.8. The molecule has 81 heavy (non-hydrogen) atoms. The Balaban J connectivity index is 0.000000555. The molecule has 20 nitrogen and oxygen atoms in total. The summed E-state index contributed by atoms with van der Waals surface area (Å²) in [5, 5.41) is 19.8. The first-order valence-corrected chi connectivity index (χ1v) is 27.7. The molecule has 0 saturated carbocycles. The molecule has 3 aromatic carbocycles. The van der Waals surface area contributed by atoms with Gasteiger partial charge >= 0.3 is 18.2 Å². The Morgan fingerprint density at radius 1 is 0.580 bits per heavy atom. The summed E-state index contributed by atoms with van der Waals surface area (Å²) >= 11 is 0. The quantitative estimate of drug-likeness (QED) is 0.0659. The van der Waals surface area contributed by atoms with Crippen LogP contribution in [0.3, 0.4) is 0 Å². The first kappa shape index (κ1) is 71.0. The van der Waals surface area contributed by atoms with E-state index in [2.05, 4.69) is 48.1 Å². The summed E-state index contributed by atoms with van der Waals surface area (Å²) in [6.07, 6.45) is 1.04. The number of alkyl carbamates (subject to hydrolysis) is 2. The number of alkyl halides is 1. The van der Waals surface area contributed by atoms with Crippen molar-refractivity contribution in [2.45, 2.75) is 132 Å². The monoisotopic (exact) mass is 1160 g/mol. The predicted molar refractivity (Wildman–Crippen MR) is 325 cm³/mol. The lowest BCUT2D eigenvalue weighted by Gasteiger charge is -2.29. The summed E-state index contributed by atoms with van der Waals surface area (Å²) in [4.78, 5) is 66.1. The molecule has 0 bridgehead atoms. The maximum Gasteiger partial charge on any atom is 0.408 e. The molecule has 0 aromatic heterocycles. The smallest absolute Gasteiger partial charge is 0.408 e. The van der Waals surface area contributed by atoms with Crippen LogP contribution in [0.25, 0.3) is 0 Å². The summed E-state index contributed by atoms with van der Waals surface area (Å²) in [7, 11) is -1.00. The molecule has 0 aliphatic carbocycles. The molecule has 458 valence electrons. The van der Waals surface area contributed by atoms with Gasteiger partial charge in [-0.15, -0.1) is 12.4 Å². The summed E-state index contributed by atoms with van der Waals surface area (Å²) in [6.45, 7) is 32.3. The zero-order chi connectivity index (χ0) is 60.7. The second-order valence-corrected chi connectivity index (χ2v) is 21.7. The molecule has 3 aromatic rings. The molecule has 6 rings (SSSR count). The Kier molecular flexibility index (Phi) is 33.1. The average Bonchev–Trinajstić information content (AvgIpc) is 3.50. The Morgan fingerprint density at radius 3 is 1.19 bits per heavy atom. The largest absolute Gasteiger partial charge is 0.480 e. The van der Waals surface area contributed by atoms with E-state index in [9.17, 15) is 28.4 Å². The Labute approximate surface area is 489 Å². The molecule has 0 spiro atoms. The number of amides is 4. The van der Waals surface area contributed by atoms with E-state index in [-0.39, 0.29) is 42.0 Å². The normalized spacial score (nSPS) is 16.5. The van der Waals surface area contributed by atoms with Crippen LogP contribution in [-0.4, -0.2) is 150 Å². The molecule has 9 N–H and O–H groups in total. The van der Waals surface area contributed by atoms with Crippen LogP contribution in [0.2, 0.25) is 0 Å². The third-order valence-corrected chi connectivity index (χ3v) is 13.2. The number of hydrogen-bond acceptors (Lipinski definition) is 15. The number of halogens is 2. The van der Waals surface area contributed by atoms with Crippen molar-refractivity contribution in [3.8, 4) is 0 Å². The molecular weight excluding hydrogens is 1070 g/mol. The van der Waals surface area contributed by atoms with Gasteiger partial charge in [0.05, 0.1) is 54.2 Å². The molecule has 3 fully saturated rings. The van der Waals surface area contributed by atoms with Gasteiger partial charge in [-0.05, 0) is 132 Å². The number of nitrogens with two attached hydrogens (primary N) is 2. The van der Waals surface area contributed by atoms with E-state index < -0.39 is 54.6 Å². The Hall–Kier alpha value is -6.13. The second-order valence-electron chi connectivity index (χ2n) is 21.7. The molecule has 3 heterocycles. The van der Waals surface area contributed by atoms with E-state index in [1.165, 1.54) is 5.69 Å². The van der Waals surface area contributed by atoms with Gasteiger partial charge < -0.3 is 76.2 Å². The fourth-order valence-corrected chi connectivity index (χ4v) is 7.87. The van der Waals surface area contributed by atoms with E-state index >= 15 is 0 Å². The SMILES string of the molecule is CC[C@H](C)[C@H](N)C(=O)Nc1ccc(N2CCOCC2)cc1.CC[C@H](C)[C@H](NC(=O)OC(C)(C)C)C(=O)Nc1ccc(N2CCOCC2)cc1.CC[C@H](C)[C@H](NC(=O)OC(C)(C)C)C(=O)O.Cl.Nc1ccc(N2CCOCC2)cc1.[2H]CF. The minimum Gasteiger partial charge on any atom is -0.480 e. The van der Waals surface area contributed by atoms with Gasteiger partial charge in [0.2, 0.25) is 11.8 Å². The number of nitrogens with zero attached hydrogens (tertiary/aromatic N) is 3. The van der Waals surface area contributed by atoms with E-state index in [1.807, 2.05) is 95.3 Å². The van der Waals surface area contributed by atoms with Crippen molar-refractivity contribution in [1.82, 2.24) is 10.6 Å². The third kappa shape index (κ3) is 28.4. The summed E-state index contributed by atoms with van der Waals surface area (Å²) < 4.78 is 41.8. The molecule has 0 unspecified atom stereocenters. The summed E-state index contributed by atoms with van der Waals surface area (Å²) in [5.41, 5.74) is 16.1. The van der Waals surface area contributed by atoms with Crippen LogP contribution in [0.5, 0.6) is 0 Å². The van der Waals surface area contributed by atoms with Crippen LogP contribution < -0.4 is 47.4 Å². The molecule has 6 atom stereocenters. The number of nitrogen functional groups attached to an aromatic ring is 1. The fourth-order valence-electron chi connectivity index (χ4n) is 7.87. The highest BCUT2D eigenvalue weighted by Crippen LogP contribution is 2.23. The van der Waals surface area contributed by atoms with E-state index in [0.29, 0.717) is 12.1 Å². The maximum absolute atomic E-state index is 12.8. The highest BCUT2D eigenvalue weighted by atomic mass is 35.5. The number of morpholine rings is 3. The van der Waals surface area contributed by atoms with Crippen molar-refractivity contribution in [1.29, 1.82) is 0 Å². The van der Waals surface area contributed by atoms with E-state index in [4.69, 9.17) is 41.6 Å². The predicted octanol–water partition coefficient (Wildman–Crippen LogP) is 9.36. The van der Waals surface area contributed by atoms with Crippen LogP contribution in [0, 0.1) is 17.8 Å². The van der Waals surface area contributed by atoms with Gasteiger partial charge in [0.15, 0.2) is 0 Å². The lowest BCUT2D eigenvalue weighted by atomic mass is 9.98. The van der Waals surface area contributed by atoms with Crippen LogP contribution in [-0.2, 0) is 38.1 Å². The van der Waals surface area contributed by atoms with Crippen molar-refractivity contribution in [3.05, 3.63) is 72.8 Å². The number of anilines is 6. The van der Waals surface area contributed by atoms with Crippen molar-refractivity contribution in [2.75, 3.05) is 117 Å². The number of rotatable bonds is 16. The van der Waals surface area contributed by atoms with Gasteiger partial charge in [-0.1, -0.05) is 60.8 Å². The number of benzene rings is 3. The number of carboxylic acids is 1. The molecule has 3 aliphatic heterocycles. The van der Waals surface area contributed by atoms with E-state index in [1.54, 1.807) is 48.5 Å². The average molecular weight is 1160 g/mol. The molecule has 3 aliphatic rings. The topological polar surface area (TPSA) is 262 Å². The number of ether oxygens (including phenoxy) is 5. The van der Waals surface area contributed by atoms with Crippen LogP contribution in [0.4, 0.5) is 48.1 Å². The fraction of sp³-hybridized carbons (Fsp3) is 0.610. The molecule has 0 radical (unpaired) electrons. The van der Waals surface area contributed by atoms with Crippen molar-refractivity contribution in [2.24, 2.45) is 23.5 Å². The second kappa shape index (κ2) is 37.8. The van der Waals surface area contributed by atoms with Crippen LogP contribution in [0.1, 0.15) is 104 Å². The first-order chi connectivity index (χ1) is 38.2. The lowest BCUT2D eigenvalue weighted by Crippen LogP contribution is -2.49. The highest BCUT2D eigenvalue weighted by molar-refractivity contribution is 5.97. The number of aliphatic carboxylic acids is 1. The number of carbonyl (C=O) groups excluding carboxylic acids is 4. The number of carbonyl (C=O) groups is 5. The molecule has 3 saturated heterocycles. The minimum atomic E-state index is -1.04. The first-order valence-electron chi connectivity index (χ1n) is 28.4. The standard InChI is InChI=1S/C21H33N3O4.C16H25N3O2.C11H21NO4.C10H14N2O.CH3F.ClH/c1-6-15(2)18(23-20(26)28-21(3,4)5)19(25)22-16-7-9-17(10-8-16)24-11-13-27-14-12-24;1-3-12(2)15(17)16(20)18-13-4-6-14(7-5-13)19-8-10-21-11-9-19;1-6-7(2)8(9(13)14)12-10(15)16-11(3,4)5;11-9-1-3-10(4-2-9)12-5-7-13-8-6-12;1-2;/h7-10,15,18H,6,11-14H2,1-5H3,(H,22,25)(H,23,26);4-7,12,15H,3,8-11,17H2,1-2H3,(H,18,20);7-8H,6H2,1-5H3,(H,12,15)(H,13,14);1-4H,5-8,11H2;1H3;1H/t15-,18-;12-,15-;7-,8-;;;/m000.../s1/i;;;;1D;. The Morgan fingerprint density at radius 2 is 0.877 bits per heavy atom. The highest BCUT2D eigenvalue weighted by Gasteiger charge is 2.30. The van der Waals surface area contributed by atoms with Gasteiger partial charge in [0.1, 0.15) is 23.3 Å². The lowest BCUT2D eigenvalue weighted by molar-refractivity contribution is -0.140. The van der Waals surface area contributed by atoms with Gasteiger partial charge in [0, 0.05) is 73.4 Å². The zero-order valence-corrected chi connectivity index (χ0v) is 50.8. The van der Waals surface area contributed by atoms with Crippen LogP contribution in [0.15, 0.2) is 72.8 Å². The van der Waals surface area contributed by atoms with Gasteiger partial charge in [0.25, 0.3) is 0 Å². The third-order valence-electron chi connectivity index (χ3n) is 13.2. The van der Waals surface area contributed by atoms with Gasteiger partial charge in [-0.3, -0.25) is 14.0 Å². The van der Waals surface area contributed by atoms with Gasteiger partial charge in [-0.2, -0.15) is 0 Å². The summed E-state index contributed by atoms with van der Waals surface area (Å²) in [6, 6.07) is 21.6. The van der Waals surface area contributed by atoms with Crippen molar-refractivity contribution < 1.29 is 58.5 Å². The molecular formula is C59H97ClFN9O11. The van der Waals surface area contributed by atoms with Crippen molar-refractivity contribution in [3.63, 3.8) is 0 Å². The summed E-state index contributed by atoms with van der Waals surface area (Å²) in [5.74, 6) is -1.40. The number of carboxylic acid groups (broad SMARTS) is 1. The molecule has 4 amide bonds. The number of nitrogens with one attached hydrogen (secondary N) is 4. The minimum absolute atomic E-state index is 0. The van der Waals surface area contributed by atoms with Gasteiger partial charge in [-0.25, -0.2) is 14.4 Å². The van der Waals surface area contributed by atoms with E-state index in [0.717, 1.165) is 115 Å². The van der Waals surface area contributed by atoms with Crippen LogP contribution >= 0.6 is 12.4 Å². The number of hydrogen-bond donors (Lipinski definition) is 7. The zero-order valence-electron chi connectivity index (χ0n) is 51.0.